The smallest absolute Gasteiger partial charge is 0.184 e. The maximum Gasteiger partial charge on any atom is 0.184 e. The maximum atomic E-state index is 11.2. The number of fused-ring (bicyclic) bond motifs is 1. The molecule has 1 aromatic heterocycles. The van der Waals surface area contributed by atoms with E-state index in [2.05, 4.69) is 16.4 Å². The van der Waals surface area contributed by atoms with E-state index in [1.807, 2.05) is 26.0 Å². The Kier molecular flexibility index (Phi) is 3.59. The molecule has 1 heterocycles. The third kappa shape index (κ3) is 3.43. The molecule has 1 unspecified atom stereocenters. The van der Waals surface area contributed by atoms with Crippen molar-refractivity contribution >= 4 is 36.5 Å². The minimum Gasteiger partial charge on any atom is -0.358 e. The summed E-state index contributed by atoms with van der Waals surface area (Å²) in [6.07, 6.45) is 1.24. The first-order valence-electron chi connectivity index (χ1n) is 5.65. The van der Waals surface area contributed by atoms with Crippen LogP contribution in [0.1, 0.15) is 12.5 Å². The van der Waals surface area contributed by atoms with Crippen LogP contribution >= 0.6 is 11.3 Å². The SMILES string of the molecule is Cc1ccc2nc(NC(C)CS(C)(=O)=O)sc2c1. The number of benzene rings is 1. The zero-order valence-corrected chi connectivity index (χ0v) is 12.2. The van der Waals surface area contributed by atoms with Gasteiger partial charge in [-0.1, -0.05) is 17.4 Å². The van der Waals surface area contributed by atoms with Gasteiger partial charge in [0.05, 0.1) is 16.0 Å². The summed E-state index contributed by atoms with van der Waals surface area (Å²) in [5.74, 6) is 0.113. The molecule has 0 amide bonds. The van der Waals surface area contributed by atoms with Crippen LogP contribution in [0.3, 0.4) is 0 Å². The average Bonchev–Trinajstić information content (AvgIpc) is 2.55. The van der Waals surface area contributed by atoms with Gasteiger partial charge >= 0.3 is 0 Å². The van der Waals surface area contributed by atoms with Gasteiger partial charge in [0.25, 0.3) is 0 Å². The largest absolute Gasteiger partial charge is 0.358 e. The summed E-state index contributed by atoms with van der Waals surface area (Å²) in [5, 5.41) is 3.91. The Balaban J connectivity index is 2.17. The third-order valence-electron chi connectivity index (χ3n) is 2.47. The van der Waals surface area contributed by atoms with Crippen LogP contribution < -0.4 is 5.32 Å². The number of thiazole rings is 1. The molecule has 0 saturated heterocycles. The molecule has 2 rings (SSSR count). The minimum atomic E-state index is -2.97. The monoisotopic (exact) mass is 284 g/mol. The second-order valence-electron chi connectivity index (χ2n) is 4.63. The first-order chi connectivity index (χ1) is 8.33. The van der Waals surface area contributed by atoms with Crippen LogP contribution in [0, 0.1) is 6.92 Å². The lowest BCUT2D eigenvalue weighted by atomic mass is 10.2. The highest BCUT2D eigenvalue weighted by Crippen LogP contribution is 2.27. The van der Waals surface area contributed by atoms with Crippen molar-refractivity contribution in [1.29, 1.82) is 0 Å². The van der Waals surface area contributed by atoms with E-state index in [-0.39, 0.29) is 11.8 Å². The third-order valence-corrected chi connectivity index (χ3v) is 4.52. The van der Waals surface area contributed by atoms with E-state index < -0.39 is 9.84 Å². The Bertz CT molecular complexity index is 662. The van der Waals surface area contributed by atoms with Crippen molar-refractivity contribution in [3.05, 3.63) is 23.8 Å². The number of hydrogen-bond acceptors (Lipinski definition) is 5. The van der Waals surface area contributed by atoms with E-state index >= 15 is 0 Å². The fraction of sp³-hybridized carbons (Fsp3) is 0.417. The predicted octanol–water partition coefficient (Wildman–Crippen LogP) is 2.45. The molecule has 0 radical (unpaired) electrons. The Labute approximate surface area is 111 Å². The van der Waals surface area contributed by atoms with Gasteiger partial charge in [-0.05, 0) is 31.5 Å². The molecule has 0 spiro atoms. The lowest BCUT2D eigenvalue weighted by molar-refractivity contribution is 0.598. The molecule has 1 N–H and O–H groups in total. The van der Waals surface area contributed by atoms with Crippen LogP contribution in [-0.4, -0.2) is 31.5 Å². The van der Waals surface area contributed by atoms with Gasteiger partial charge in [-0.25, -0.2) is 13.4 Å². The minimum absolute atomic E-state index is 0.113. The number of aromatic nitrogens is 1. The number of sulfone groups is 1. The molecule has 0 fully saturated rings. The molecule has 4 nitrogen and oxygen atoms in total. The van der Waals surface area contributed by atoms with Crippen molar-refractivity contribution in [3.8, 4) is 0 Å². The summed E-state index contributed by atoms with van der Waals surface area (Å²) in [6, 6.07) is 5.94. The topological polar surface area (TPSA) is 59.1 Å². The highest BCUT2D eigenvalue weighted by molar-refractivity contribution is 7.90. The number of nitrogens with zero attached hydrogens (tertiary/aromatic N) is 1. The molecule has 0 aliphatic heterocycles. The summed E-state index contributed by atoms with van der Waals surface area (Å²) in [4.78, 5) is 4.44. The molecule has 6 heteroatoms. The van der Waals surface area contributed by atoms with Crippen molar-refractivity contribution in [2.75, 3.05) is 17.3 Å². The quantitative estimate of drug-likeness (QED) is 0.937. The zero-order valence-electron chi connectivity index (χ0n) is 10.6. The molecule has 18 heavy (non-hydrogen) atoms. The van der Waals surface area contributed by atoms with Crippen LogP contribution in [0.4, 0.5) is 5.13 Å². The van der Waals surface area contributed by atoms with Crippen molar-refractivity contribution in [2.24, 2.45) is 0 Å². The lowest BCUT2D eigenvalue weighted by Crippen LogP contribution is -2.24. The Morgan fingerprint density at radius 1 is 1.44 bits per heavy atom. The lowest BCUT2D eigenvalue weighted by Gasteiger charge is -2.10. The van der Waals surface area contributed by atoms with Gasteiger partial charge in [0.1, 0.15) is 9.84 Å². The predicted molar refractivity (Wildman–Crippen MR) is 77.2 cm³/mol. The number of anilines is 1. The van der Waals surface area contributed by atoms with Gasteiger partial charge in [0, 0.05) is 12.3 Å². The molecule has 98 valence electrons. The van der Waals surface area contributed by atoms with Crippen LogP contribution in [0.15, 0.2) is 18.2 Å². The number of aryl methyl sites for hydroxylation is 1. The summed E-state index contributed by atoms with van der Waals surface area (Å²) in [7, 11) is -2.97. The van der Waals surface area contributed by atoms with Gasteiger partial charge < -0.3 is 5.32 Å². The van der Waals surface area contributed by atoms with E-state index in [9.17, 15) is 8.42 Å². The van der Waals surface area contributed by atoms with E-state index in [0.29, 0.717) is 0 Å². The molecule has 0 aliphatic carbocycles. The molecule has 0 saturated carbocycles. The normalized spacial score (nSPS) is 13.7. The van der Waals surface area contributed by atoms with Crippen molar-refractivity contribution in [1.82, 2.24) is 4.98 Å². The van der Waals surface area contributed by atoms with E-state index in [1.165, 1.54) is 11.8 Å². The van der Waals surface area contributed by atoms with Gasteiger partial charge in [0.2, 0.25) is 0 Å². The van der Waals surface area contributed by atoms with Crippen LogP contribution in [0.25, 0.3) is 10.2 Å². The van der Waals surface area contributed by atoms with Crippen molar-refractivity contribution in [2.45, 2.75) is 19.9 Å². The molecule has 0 aliphatic rings. The molecule has 1 aromatic carbocycles. The number of rotatable bonds is 4. The van der Waals surface area contributed by atoms with E-state index in [4.69, 9.17) is 0 Å². The highest BCUT2D eigenvalue weighted by atomic mass is 32.2. The summed E-state index contributed by atoms with van der Waals surface area (Å²) < 4.78 is 23.5. The van der Waals surface area contributed by atoms with Crippen LogP contribution in [0.2, 0.25) is 0 Å². The average molecular weight is 284 g/mol. The van der Waals surface area contributed by atoms with Gasteiger partial charge in [-0.15, -0.1) is 0 Å². The first-order valence-corrected chi connectivity index (χ1v) is 8.53. The number of hydrogen-bond donors (Lipinski definition) is 1. The second-order valence-corrected chi connectivity index (χ2v) is 7.84. The van der Waals surface area contributed by atoms with E-state index in [1.54, 1.807) is 11.3 Å². The Morgan fingerprint density at radius 3 is 2.83 bits per heavy atom. The van der Waals surface area contributed by atoms with Crippen LogP contribution in [-0.2, 0) is 9.84 Å². The summed E-state index contributed by atoms with van der Waals surface area (Å²) in [5.41, 5.74) is 2.14. The first kappa shape index (κ1) is 13.3. The standard InChI is InChI=1S/C12H16N2O2S2/c1-8-4-5-10-11(6-8)17-12(14-10)13-9(2)7-18(3,15)16/h4-6,9H,7H2,1-3H3,(H,13,14). The summed E-state index contributed by atoms with van der Waals surface area (Å²) in [6.45, 7) is 3.89. The maximum absolute atomic E-state index is 11.2. The molecular weight excluding hydrogens is 268 g/mol. The zero-order chi connectivity index (χ0) is 13.3. The molecule has 1 atom stereocenters. The van der Waals surface area contributed by atoms with Crippen LogP contribution in [0.5, 0.6) is 0 Å². The number of nitrogens with one attached hydrogen (secondary N) is 1. The summed E-state index contributed by atoms with van der Waals surface area (Å²) >= 11 is 1.55. The van der Waals surface area contributed by atoms with Gasteiger partial charge in [-0.3, -0.25) is 0 Å². The highest BCUT2D eigenvalue weighted by Gasteiger charge is 2.12. The molecule has 2 aromatic rings. The van der Waals surface area contributed by atoms with Gasteiger partial charge in [0.15, 0.2) is 5.13 Å². The fourth-order valence-corrected chi connectivity index (χ4v) is 3.87. The van der Waals surface area contributed by atoms with Crippen molar-refractivity contribution < 1.29 is 8.42 Å². The second kappa shape index (κ2) is 4.85. The van der Waals surface area contributed by atoms with Crippen molar-refractivity contribution in [3.63, 3.8) is 0 Å². The Hall–Kier alpha value is -1.14. The van der Waals surface area contributed by atoms with Gasteiger partial charge in [-0.2, -0.15) is 0 Å². The molecular formula is C12H16N2O2S2. The Morgan fingerprint density at radius 2 is 2.17 bits per heavy atom. The molecule has 0 bridgehead atoms. The fourth-order valence-electron chi connectivity index (χ4n) is 1.80. The van der Waals surface area contributed by atoms with E-state index in [0.717, 1.165) is 15.3 Å².